The van der Waals surface area contributed by atoms with Crippen LogP contribution >= 0.6 is 22.9 Å². The Kier molecular flexibility index (Phi) is 3.49. The van der Waals surface area contributed by atoms with Gasteiger partial charge < -0.3 is 10.6 Å². The number of hydrogen-bond acceptors (Lipinski definition) is 5. The molecule has 17 heavy (non-hydrogen) atoms. The van der Waals surface area contributed by atoms with Crippen LogP contribution in [0.25, 0.3) is 0 Å². The number of thiophene rings is 1. The number of hydrogen-bond donors (Lipinski definition) is 1. The van der Waals surface area contributed by atoms with E-state index in [4.69, 9.17) is 17.3 Å². The maximum absolute atomic E-state index is 5.89. The van der Waals surface area contributed by atoms with Crippen LogP contribution in [0.1, 0.15) is 17.8 Å². The molecule has 0 bridgehead atoms. The number of anilines is 2. The molecule has 0 amide bonds. The molecule has 0 aliphatic rings. The largest absolute Gasteiger partial charge is 0.393 e. The maximum Gasteiger partial charge on any atom is 0.157 e. The molecule has 2 N–H and O–H groups in total. The number of nitrogens with two attached hydrogens (primary N) is 1. The molecule has 0 spiro atoms. The fraction of sp³-hybridized carbons (Fsp3) is 0.273. The first-order chi connectivity index (χ1) is 8.11. The molecule has 2 heterocycles. The van der Waals surface area contributed by atoms with Crippen LogP contribution in [0.3, 0.4) is 0 Å². The Balaban J connectivity index is 2.31. The summed E-state index contributed by atoms with van der Waals surface area (Å²) in [5.74, 6) is 0.658. The van der Waals surface area contributed by atoms with E-state index in [0.29, 0.717) is 16.7 Å². The Bertz CT molecular complexity index is 500. The van der Waals surface area contributed by atoms with Crippen molar-refractivity contribution in [2.24, 2.45) is 0 Å². The van der Waals surface area contributed by atoms with Crippen molar-refractivity contribution in [2.75, 3.05) is 17.7 Å². The van der Waals surface area contributed by atoms with E-state index >= 15 is 0 Å². The molecule has 0 aromatic carbocycles. The average molecular weight is 269 g/mol. The molecule has 1 unspecified atom stereocenters. The zero-order valence-corrected chi connectivity index (χ0v) is 11.2. The van der Waals surface area contributed by atoms with Gasteiger partial charge in [-0.1, -0.05) is 17.7 Å². The summed E-state index contributed by atoms with van der Waals surface area (Å²) in [6.07, 6.45) is 1.42. The van der Waals surface area contributed by atoms with E-state index in [0.717, 1.165) is 0 Å². The van der Waals surface area contributed by atoms with E-state index in [1.807, 2.05) is 18.0 Å². The van der Waals surface area contributed by atoms with Gasteiger partial charge in [0.2, 0.25) is 0 Å². The van der Waals surface area contributed by atoms with E-state index in [9.17, 15) is 0 Å². The molecule has 0 aliphatic carbocycles. The van der Waals surface area contributed by atoms with Crippen LogP contribution < -0.4 is 10.6 Å². The number of nitrogens with zero attached hydrogens (tertiary/aromatic N) is 3. The zero-order chi connectivity index (χ0) is 12.4. The molecule has 2 aromatic heterocycles. The van der Waals surface area contributed by atoms with Crippen LogP contribution in [0, 0.1) is 0 Å². The third kappa shape index (κ3) is 2.35. The second-order valence-electron chi connectivity index (χ2n) is 3.70. The van der Waals surface area contributed by atoms with Crippen molar-refractivity contribution in [1.29, 1.82) is 0 Å². The highest BCUT2D eigenvalue weighted by molar-refractivity contribution is 7.10. The average Bonchev–Trinajstić information content (AvgIpc) is 2.84. The number of halogens is 1. The highest BCUT2D eigenvalue weighted by atomic mass is 35.5. The van der Waals surface area contributed by atoms with E-state index < -0.39 is 0 Å². The first-order valence-electron chi connectivity index (χ1n) is 5.13. The lowest BCUT2D eigenvalue weighted by atomic mass is 10.2. The highest BCUT2D eigenvalue weighted by Crippen LogP contribution is 2.32. The first kappa shape index (κ1) is 12.1. The van der Waals surface area contributed by atoms with Gasteiger partial charge in [0.05, 0.1) is 6.04 Å². The predicted molar refractivity (Wildman–Crippen MR) is 72.6 cm³/mol. The smallest absolute Gasteiger partial charge is 0.157 e. The number of aromatic nitrogens is 2. The molecule has 0 radical (unpaired) electrons. The molecule has 6 heteroatoms. The second-order valence-corrected chi connectivity index (χ2v) is 5.04. The van der Waals surface area contributed by atoms with Gasteiger partial charge in [-0.2, -0.15) is 0 Å². The molecular weight excluding hydrogens is 256 g/mol. The molecule has 0 aliphatic heterocycles. The highest BCUT2D eigenvalue weighted by Gasteiger charge is 2.17. The second kappa shape index (κ2) is 4.89. The van der Waals surface area contributed by atoms with Gasteiger partial charge >= 0.3 is 0 Å². The van der Waals surface area contributed by atoms with E-state index in [2.05, 4.69) is 28.3 Å². The van der Waals surface area contributed by atoms with Gasteiger partial charge in [-0.25, -0.2) is 9.97 Å². The van der Waals surface area contributed by atoms with Crippen LogP contribution in [-0.2, 0) is 0 Å². The van der Waals surface area contributed by atoms with Crippen LogP contribution in [-0.4, -0.2) is 17.0 Å². The Hall–Kier alpha value is -1.33. The van der Waals surface area contributed by atoms with E-state index in [1.165, 1.54) is 11.2 Å². The Labute approximate surface area is 109 Å². The van der Waals surface area contributed by atoms with Gasteiger partial charge in [0, 0.05) is 11.9 Å². The fourth-order valence-corrected chi connectivity index (χ4v) is 2.50. The molecule has 2 aromatic rings. The summed E-state index contributed by atoms with van der Waals surface area (Å²) in [4.78, 5) is 11.3. The van der Waals surface area contributed by atoms with Gasteiger partial charge in [-0.3, -0.25) is 0 Å². The number of rotatable bonds is 3. The Morgan fingerprint density at radius 1 is 1.47 bits per heavy atom. The van der Waals surface area contributed by atoms with Gasteiger partial charge in [-0.15, -0.1) is 11.3 Å². The van der Waals surface area contributed by atoms with E-state index in [-0.39, 0.29) is 6.04 Å². The molecule has 0 fully saturated rings. The molecular formula is C11H13ClN4S. The lowest BCUT2D eigenvalue weighted by Crippen LogP contribution is -2.23. The molecule has 0 saturated heterocycles. The zero-order valence-electron chi connectivity index (χ0n) is 9.59. The standard InChI is InChI=1S/C11H13ClN4S/c1-7(8-4-3-5-17-8)16(2)11-9(13)10(12)14-6-15-11/h3-7H,13H2,1-2H3. The minimum atomic E-state index is 0.197. The minimum Gasteiger partial charge on any atom is -0.393 e. The normalized spacial score (nSPS) is 12.4. The molecule has 0 saturated carbocycles. The van der Waals surface area contributed by atoms with Crippen molar-refractivity contribution in [3.63, 3.8) is 0 Å². The van der Waals surface area contributed by atoms with Crippen LogP contribution in [0.4, 0.5) is 11.5 Å². The SMILES string of the molecule is CC(c1cccs1)N(C)c1ncnc(Cl)c1N. The van der Waals surface area contributed by atoms with Gasteiger partial charge in [0.15, 0.2) is 11.0 Å². The first-order valence-corrected chi connectivity index (χ1v) is 6.39. The summed E-state index contributed by atoms with van der Waals surface area (Å²) < 4.78 is 0. The molecule has 2 rings (SSSR count). The van der Waals surface area contributed by atoms with Crippen molar-refractivity contribution in [3.8, 4) is 0 Å². The topological polar surface area (TPSA) is 55.0 Å². The molecule has 1 atom stereocenters. The lowest BCUT2D eigenvalue weighted by Gasteiger charge is -2.26. The maximum atomic E-state index is 5.89. The molecule has 4 nitrogen and oxygen atoms in total. The summed E-state index contributed by atoms with van der Waals surface area (Å²) >= 11 is 7.59. The van der Waals surface area contributed by atoms with Crippen LogP contribution in [0.2, 0.25) is 5.15 Å². The Morgan fingerprint density at radius 3 is 2.88 bits per heavy atom. The summed E-state index contributed by atoms with van der Waals surface area (Å²) in [7, 11) is 1.94. The predicted octanol–water partition coefficient (Wildman–Crippen LogP) is 2.97. The van der Waals surface area contributed by atoms with Gasteiger partial charge in [0.25, 0.3) is 0 Å². The number of nitrogen functional groups attached to an aromatic ring is 1. The third-order valence-corrected chi connectivity index (χ3v) is 4.03. The van der Waals surface area contributed by atoms with Crippen molar-refractivity contribution < 1.29 is 0 Å². The summed E-state index contributed by atoms with van der Waals surface area (Å²) in [5, 5.41) is 2.34. The van der Waals surface area contributed by atoms with E-state index in [1.54, 1.807) is 11.3 Å². The van der Waals surface area contributed by atoms with Gasteiger partial charge in [0.1, 0.15) is 12.0 Å². The van der Waals surface area contributed by atoms with Crippen LogP contribution in [0.5, 0.6) is 0 Å². The monoisotopic (exact) mass is 268 g/mol. The molecule has 90 valence electrons. The van der Waals surface area contributed by atoms with Gasteiger partial charge in [-0.05, 0) is 18.4 Å². The minimum absolute atomic E-state index is 0.197. The Morgan fingerprint density at radius 2 is 2.24 bits per heavy atom. The quantitative estimate of drug-likeness (QED) is 0.870. The summed E-state index contributed by atoms with van der Waals surface area (Å²) in [5.41, 5.74) is 6.30. The summed E-state index contributed by atoms with van der Waals surface area (Å²) in [6, 6.07) is 4.31. The van der Waals surface area contributed by atoms with Crippen molar-refractivity contribution in [1.82, 2.24) is 9.97 Å². The fourth-order valence-electron chi connectivity index (χ4n) is 1.55. The van der Waals surface area contributed by atoms with Crippen molar-refractivity contribution in [3.05, 3.63) is 33.9 Å². The third-order valence-electron chi connectivity index (χ3n) is 2.68. The van der Waals surface area contributed by atoms with Crippen LogP contribution in [0.15, 0.2) is 23.8 Å². The lowest BCUT2D eigenvalue weighted by molar-refractivity contribution is 0.742. The van der Waals surface area contributed by atoms with Crippen molar-refractivity contribution >= 4 is 34.4 Å². The summed E-state index contributed by atoms with van der Waals surface area (Å²) in [6.45, 7) is 2.10. The van der Waals surface area contributed by atoms with Crippen molar-refractivity contribution in [2.45, 2.75) is 13.0 Å².